The number of urea groups is 1. The molecule has 0 aliphatic carbocycles. The minimum atomic E-state index is -0.515. The Labute approximate surface area is 166 Å². The Hall–Kier alpha value is -3.61. The van der Waals surface area contributed by atoms with Crippen LogP contribution in [-0.4, -0.2) is 40.4 Å². The van der Waals surface area contributed by atoms with Gasteiger partial charge in [-0.25, -0.2) is 14.5 Å². The van der Waals surface area contributed by atoms with E-state index in [1.54, 1.807) is 36.1 Å². The summed E-state index contributed by atoms with van der Waals surface area (Å²) in [6.45, 7) is 2.40. The van der Waals surface area contributed by atoms with Gasteiger partial charge in [-0.1, -0.05) is 18.2 Å². The molecule has 0 bridgehead atoms. The molecule has 2 aromatic carbocycles. The summed E-state index contributed by atoms with van der Waals surface area (Å²) >= 11 is 0. The van der Waals surface area contributed by atoms with Crippen LogP contribution in [-0.2, 0) is 22.5 Å². The lowest BCUT2D eigenvalue weighted by molar-refractivity contribution is -0.120. The lowest BCUT2D eigenvalue weighted by atomic mass is 9.97. The summed E-state index contributed by atoms with van der Waals surface area (Å²) in [5, 5.41) is 1.10. The molecule has 1 fully saturated rings. The zero-order valence-corrected chi connectivity index (χ0v) is 15.8. The molecule has 0 radical (unpaired) electrons. The number of carbonyl (C=O) groups excluding carboxylic acids is 3. The first-order chi connectivity index (χ1) is 14.1. The number of aromatic amines is 1. The third kappa shape index (κ3) is 2.61. The van der Waals surface area contributed by atoms with E-state index >= 15 is 0 Å². The number of amides is 3. The second-order valence-corrected chi connectivity index (χ2v) is 7.20. The molecule has 146 valence electrons. The van der Waals surface area contributed by atoms with Gasteiger partial charge in [-0.3, -0.25) is 4.79 Å². The van der Waals surface area contributed by atoms with Crippen LogP contribution in [0.1, 0.15) is 28.5 Å². The Balaban J connectivity index is 1.45. The van der Waals surface area contributed by atoms with Crippen LogP contribution in [0, 0.1) is 0 Å². The van der Waals surface area contributed by atoms with Crippen LogP contribution in [0.2, 0.25) is 0 Å². The molecule has 29 heavy (non-hydrogen) atoms. The lowest BCUT2D eigenvalue weighted by Crippen LogP contribution is -2.39. The zero-order valence-electron chi connectivity index (χ0n) is 15.8. The molecule has 7 heteroatoms. The summed E-state index contributed by atoms with van der Waals surface area (Å²) in [6.07, 6.45) is 0.487. The van der Waals surface area contributed by atoms with E-state index in [-0.39, 0.29) is 18.5 Å². The number of fused-ring (bicyclic) bond motifs is 4. The first-order valence-corrected chi connectivity index (χ1v) is 9.58. The van der Waals surface area contributed by atoms with Crippen LogP contribution in [0.25, 0.3) is 10.9 Å². The van der Waals surface area contributed by atoms with E-state index in [1.807, 2.05) is 24.3 Å². The van der Waals surface area contributed by atoms with Crippen molar-refractivity contribution in [1.82, 2.24) is 9.88 Å². The molecular weight excluding hydrogens is 370 g/mol. The SMILES string of the molecule is CCOC(=O)c1ccc(N2C(=O)[C@H]3Cc4c([nH]c5ccccc45)CN3C2=O)cc1. The fourth-order valence-electron chi connectivity index (χ4n) is 4.20. The maximum atomic E-state index is 13.1. The number of hydrogen-bond donors (Lipinski definition) is 1. The van der Waals surface area contributed by atoms with Crippen molar-refractivity contribution in [3.05, 3.63) is 65.4 Å². The Morgan fingerprint density at radius 3 is 2.66 bits per heavy atom. The molecule has 0 unspecified atom stereocenters. The number of H-pyrrole nitrogens is 1. The van der Waals surface area contributed by atoms with E-state index in [9.17, 15) is 14.4 Å². The Bertz CT molecular complexity index is 1150. The quantitative estimate of drug-likeness (QED) is 0.551. The molecule has 1 atom stereocenters. The molecule has 3 amide bonds. The highest BCUT2D eigenvalue weighted by Gasteiger charge is 2.48. The van der Waals surface area contributed by atoms with Crippen molar-refractivity contribution in [3.8, 4) is 0 Å². The number of imide groups is 1. The molecule has 2 aliphatic heterocycles. The second kappa shape index (κ2) is 6.48. The number of nitrogens with zero attached hydrogens (tertiary/aromatic N) is 2. The van der Waals surface area contributed by atoms with Crippen molar-refractivity contribution in [2.75, 3.05) is 11.5 Å². The molecule has 1 saturated heterocycles. The van der Waals surface area contributed by atoms with Crippen LogP contribution in [0.15, 0.2) is 48.5 Å². The molecule has 2 aliphatic rings. The summed E-state index contributed by atoms with van der Waals surface area (Å²) in [6, 6.07) is 13.5. The molecule has 3 heterocycles. The van der Waals surface area contributed by atoms with Gasteiger partial charge in [0.05, 0.1) is 24.4 Å². The summed E-state index contributed by atoms with van der Waals surface area (Å²) in [5.74, 6) is -0.671. The van der Waals surface area contributed by atoms with E-state index in [0.29, 0.717) is 24.2 Å². The van der Waals surface area contributed by atoms with Gasteiger partial charge in [-0.15, -0.1) is 0 Å². The number of ether oxygens (including phenoxy) is 1. The second-order valence-electron chi connectivity index (χ2n) is 7.20. The number of aromatic nitrogens is 1. The Morgan fingerprint density at radius 2 is 1.90 bits per heavy atom. The van der Waals surface area contributed by atoms with E-state index < -0.39 is 12.0 Å². The molecule has 1 N–H and O–H groups in total. The maximum Gasteiger partial charge on any atom is 0.338 e. The van der Waals surface area contributed by atoms with Gasteiger partial charge in [0.25, 0.3) is 5.91 Å². The summed E-state index contributed by atoms with van der Waals surface area (Å²) in [4.78, 5) is 44.1. The highest BCUT2D eigenvalue weighted by molar-refractivity contribution is 6.21. The number of anilines is 1. The third-order valence-corrected chi connectivity index (χ3v) is 5.58. The standard InChI is InChI=1S/C22H19N3O4/c1-2-29-21(27)13-7-9-14(10-8-13)25-20(26)19-11-16-15-5-3-4-6-17(15)23-18(16)12-24(19)22(25)28/h3-10,19,23H,2,11-12H2,1H3/t19-/m1/s1. The summed E-state index contributed by atoms with van der Waals surface area (Å²) in [7, 11) is 0. The van der Waals surface area contributed by atoms with Gasteiger partial charge >= 0.3 is 12.0 Å². The van der Waals surface area contributed by atoms with Crippen LogP contribution in [0.4, 0.5) is 10.5 Å². The van der Waals surface area contributed by atoms with Crippen LogP contribution >= 0.6 is 0 Å². The van der Waals surface area contributed by atoms with Crippen molar-refractivity contribution in [1.29, 1.82) is 0 Å². The van der Waals surface area contributed by atoms with E-state index in [2.05, 4.69) is 4.98 Å². The molecule has 1 aromatic heterocycles. The van der Waals surface area contributed by atoms with Gasteiger partial charge in [-0.2, -0.15) is 0 Å². The fraction of sp³-hybridized carbons (Fsp3) is 0.227. The molecule has 7 nitrogen and oxygen atoms in total. The van der Waals surface area contributed by atoms with Gasteiger partial charge in [0.2, 0.25) is 0 Å². The average molecular weight is 389 g/mol. The fourth-order valence-corrected chi connectivity index (χ4v) is 4.20. The van der Waals surface area contributed by atoms with Gasteiger partial charge in [0.15, 0.2) is 0 Å². The zero-order chi connectivity index (χ0) is 20.1. The smallest absolute Gasteiger partial charge is 0.338 e. The molecule has 0 spiro atoms. The Morgan fingerprint density at radius 1 is 1.14 bits per heavy atom. The van der Waals surface area contributed by atoms with Crippen molar-refractivity contribution in [2.45, 2.75) is 25.9 Å². The predicted octanol–water partition coefficient (Wildman–Crippen LogP) is 3.24. The van der Waals surface area contributed by atoms with E-state index in [4.69, 9.17) is 4.74 Å². The van der Waals surface area contributed by atoms with Gasteiger partial charge in [-0.05, 0) is 42.8 Å². The van der Waals surface area contributed by atoms with E-state index in [1.165, 1.54) is 4.90 Å². The average Bonchev–Trinajstić information content (AvgIpc) is 3.22. The Kier molecular flexibility index (Phi) is 3.91. The number of hydrogen-bond acceptors (Lipinski definition) is 4. The normalized spacial score (nSPS) is 18.2. The lowest BCUT2D eigenvalue weighted by Gasteiger charge is -2.26. The van der Waals surface area contributed by atoms with E-state index in [0.717, 1.165) is 22.2 Å². The topological polar surface area (TPSA) is 82.7 Å². The highest BCUT2D eigenvalue weighted by Crippen LogP contribution is 2.36. The molecular formula is C22H19N3O4. The maximum absolute atomic E-state index is 13.1. The van der Waals surface area contributed by atoms with Crippen LogP contribution in [0.3, 0.4) is 0 Å². The number of benzene rings is 2. The monoisotopic (exact) mass is 389 g/mol. The van der Waals surface area contributed by atoms with Crippen LogP contribution < -0.4 is 4.90 Å². The first kappa shape index (κ1) is 17.5. The van der Waals surface area contributed by atoms with Crippen molar-refractivity contribution >= 4 is 34.5 Å². The molecule has 0 saturated carbocycles. The highest BCUT2D eigenvalue weighted by atomic mass is 16.5. The third-order valence-electron chi connectivity index (χ3n) is 5.58. The molecule has 5 rings (SSSR count). The van der Waals surface area contributed by atoms with Gasteiger partial charge in [0, 0.05) is 23.0 Å². The van der Waals surface area contributed by atoms with Crippen LogP contribution in [0.5, 0.6) is 0 Å². The summed E-state index contributed by atoms with van der Waals surface area (Å²) in [5.41, 5.74) is 3.93. The van der Waals surface area contributed by atoms with Crippen molar-refractivity contribution in [3.63, 3.8) is 0 Å². The van der Waals surface area contributed by atoms with Gasteiger partial charge in [0.1, 0.15) is 6.04 Å². The number of carbonyl (C=O) groups is 3. The van der Waals surface area contributed by atoms with Crippen molar-refractivity contribution in [2.24, 2.45) is 0 Å². The minimum absolute atomic E-state index is 0.241. The summed E-state index contributed by atoms with van der Waals surface area (Å²) < 4.78 is 4.98. The molecule has 3 aromatic rings. The number of rotatable bonds is 3. The number of para-hydroxylation sites is 1. The largest absolute Gasteiger partial charge is 0.462 e. The number of nitrogens with one attached hydrogen (secondary N) is 1. The minimum Gasteiger partial charge on any atom is -0.462 e. The number of esters is 1. The first-order valence-electron chi connectivity index (χ1n) is 9.58. The van der Waals surface area contributed by atoms with Gasteiger partial charge < -0.3 is 14.6 Å². The van der Waals surface area contributed by atoms with Crippen molar-refractivity contribution < 1.29 is 19.1 Å². The predicted molar refractivity (Wildman–Crippen MR) is 107 cm³/mol.